The number of hydrogen-bond donors (Lipinski definition) is 3. The SMILES string of the molecule is CN(N)CCCNCCCN(C)N. The molecule has 0 spiro atoms. The van der Waals surface area contributed by atoms with Crippen molar-refractivity contribution in [1.29, 1.82) is 0 Å². The van der Waals surface area contributed by atoms with Crippen LogP contribution in [0.3, 0.4) is 0 Å². The molecule has 0 rings (SSSR count). The molecule has 5 N–H and O–H groups in total. The van der Waals surface area contributed by atoms with Crippen LogP contribution in [0.2, 0.25) is 0 Å². The number of hydrogen-bond acceptors (Lipinski definition) is 5. The van der Waals surface area contributed by atoms with Crippen LogP contribution in [-0.4, -0.2) is 50.3 Å². The zero-order valence-corrected chi connectivity index (χ0v) is 8.79. The van der Waals surface area contributed by atoms with Gasteiger partial charge in [-0.25, -0.2) is 0 Å². The molecular formula is C8H23N5. The van der Waals surface area contributed by atoms with Crippen molar-refractivity contribution in [3.05, 3.63) is 0 Å². The maximum absolute atomic E-state index is 5.46. The standard InChI is InChI=1S/C8H23N5/c1-12(9)7-3-5-11-6-4-8-13(2)10/h11H,3-10H2,1-2H3. The predicted molar refractivity (Wildman–Crippen MR) is 55.7 cm³/mol. The van der Waals surface area contributed by atoms with Crippen LogP contribution in [0.25, 0.3) is 0 Å². The minimum Gasteiger partial charge on any atom is -0.317 e. The molecule has 0 bridgehead atoms. The van der Waals surface area contributed by atoms with Crippen LogP contribution in [0.15, 0.2) is 0 Å². The molecule has 0 aromatic heterocycles. The number of nitrogens with one attached hydrogen (secondary N) is 1. The molecule has 0 aliphatic heterocycles. The van der Waals surface area contributed by atoms with Crippen LogP contribution in [0, 0.1) is 0 Å². The lowest BCUT2D eigenvalue weighted by atomic mass is 10.3. The summed E-state index contributed by atoms with van der Waals surface area (Å²) in [4.78, 5) is 0. The van der Waals surface area contributed by atoms with Gasteiger partial charge >= 0.3 is 0 Å². The highest BCUT2D eigenvalue weighted by molar-refractivity contribution is 4.51. The Kier molecular flexibility index (Phi) is 8.27. The molecule has 5 nitrogen and oxygen atoms in total. The van der Waals surface area contributed by atoms with Gasteiger partial charge in [0.25, 0.3) is 0 Å². The van der Waals surface area contributed by atoms with E-state index in [0.717, 1.165) is 39.0 Å². The van der Waals surface area contributed by atoms with Gasteiger partial charge in [0.15, 0.2) is 0 Å². The van der Waals surface area contributed by atoms with Crippen molar-refractivity contribution in [1.82, 2.24) is 15.3 Å². The van der Waals surface area contributed by atoms with Crippen molar-refractivity contribution >= 4 is 0 Å². The fourth-order valence-electron chi connectivity index (χ4n) is 1.03. The number of hydrazine groups is 2. The molecule has 0 aromatic carbocycles. The maximum atomic E-state index is 5.46. The van der Waals surface area contributed by atoms with Gasteiger partial charge in [-0.05, 0) is 25.9 Å². The van der Waals surface area contributed by atoms with Gasteiger partial charge in [0.1, 0.15) is 0 Å². The van der Waals surface area contributed by atoms with Gasteiger partial charge in [-0.1, -0.05) is 0 Å². The Balaban J connectivity index is 2.92. The van der Waals surface area contributed by atoms with Gasteiger partial charge in [0.05, 0.1) is 0 Å². The average molecular weight is 189 g/mol. The third-order valence-corrected chi connectivity index (χ3v) is 1.73. The molecule has 0 radical (unpaired) electrons. The second kappa shape index (κ2) is 8.40. The summed E-state index contributed by atoms with van der Waals surface area (Å²) in [6, 6.07) is 0. The second-order valence-electron chi connectivity index (χ2n) is 3.42. The Morgan fingerprint density at radius 2 is 1.31 bits per heavy atom. The van der Waals surface area contributed by atoms with Crippen LogP contribution in [0.1, 0.15) is 12.8 Å². The molecule has 0 aliphatic carbocycles. The van der Waals surface area contributed by atoms with Gasteiger partial charge in [0, 0.05) is 27.2 Å². The fourth-order valence-corrected chi connectivity index (χ4v) is 1.03. The van der Waals surface area contributed by atoms with Crippen LogP contribution in [-0.2, 0) is 0 Å². The van der Waals surface area contributed by atoms with Crippen molar-refractivity contribution in [2.45, 2.75) is 12.8 Å². The molecule has 0 fully saturated rings. The molecule has 0 aromatic rings. The van der Waals surface area contributed by atoms with E-state index in [1.165, 1.54) is 0 Å². The summed E-state index contributed by atoms with van der Waals surface area (Å²) >= 11 is 0. The number of nitrogens with zero attached hydrogens (tertiary/aromatic N) is 2. The van der Waals surface area contributed by atoms with E-state index in [0.29, 0.717) is 0 Å². The summed E-state index contributed by atoms with van der Waals surface area (Å²) in [5, 5.41) is 6.74. The monoisotopic (exact) mass is 189 g/mol. The van der Waals surface area contributed by atoms with Crippen molar-refractivity contribution < 1.29 is 0 Å². The van der Waals surface area contributed by atoms with E-state index in [2.05, 4.69) is 5.32 Å². The Morgan fingerprint density at radius 3 is 1.62 bits per heavy atom. The lowest BCUT2D eigenvalue weighted by molar-refractivity contribution is 0.330. The largest absolute Gasteiger partial charge is 0.317 e. The van der Waals surface area contributed by atoms with Gasteiger partial charge in [-0.2, -0.15) is 0 Å². The van der Waals surface area contributed by atoms with E-state index in [9.17, 15) is 0 Å². The lowest BCUT2D eigenvalue weighted by Crippen LogP contribution is -2.31. The Labute approximate surface area is 81.0 Å². The summed E-state index contributed by atoms with van der Waals surface area (Å²) in [6.07, 6.45) is 2.18. The molecule has 0 unspecified atom stereocenters. The Bertz CT molecular complexity index is 92.7. The molecule has 13 heavy (non-hydrogen) atoms. The second-order valence-corrected chi connectivity index (χ2v) is 3.42. The lowest BCUT2D eigenvalue weighted by Gasteiger charge is -2.11. The number of nitrogens with two attached hydrogens (primary N) is 2. The summed E-state index contributed by atoms with van der Waals surface area (Å²) < 4.78 is 0. The van der Waals surface area contributed by atoms with Crippen LogP contribution in [0.4, 0.5) is 0 Å². The Morgan fingerprint density at radius 1 is 0.923 bits per heavy atom. The molecule has 0 heterocycles. The van der Waals surface area contributed by atoms with E-state index >= 15 is 0 Å². The van der Waals surface area contributed by atoms with Crippen LogP contribution in [0.5, 0.6) is 0 Å². The van der Waals surface area contributed by atoms with Crippen molar-refractivity contribution in [3.63, 3.8) is 0 Å². The predicted octanol–water partition coefficient (Wildman–Crippen LogP) is -1.03. The van der Waals surface area contributed by atoms with E-state index in [-0.39, 0.29) is 0 Å². The van der Waals surface area contributed by atoms with Crippen molar-refractivity contribution in [2.75, 3.05) is 40.3 Å². The first kappa shape index (κ1) is 12.8. The molecule has 0 atom stereocenters. The third-order valence-electron chi connectivity index (χ3n) is 1.73. The molecule has 0 saturated heterocycles. The molecule has 5 heteroatoms. The minimum absolute atomic E-state index is 0.934. The molecule has 0 saturated carbocycles. The molecule has 0 amide bonds. The topological polar surface area (TPSA) is 70.5 Å². The quantitative estimate of drug-likeness (QED) is 0.259. The van der Waals surface area contributed by atoms with Crippen molar-refractivity contribution in [3.8, 4) is 0 Å². The maximum Gasteiger partial charge on any atom is 0.0137 e. The smallest absolute Gasteiger partial charge is 0.0137 e. The normalized spacial score (nSPS) is 11.5. The summed E-state index contributed by atoms with van der Waals surface area (Å²) in [6.45, 7) is 3.92. The molecular weight excluding hydrogens is 166 g/mol. The Hall–Kier alpha value is -0.200. The first-order valence-electron chi connectivity index (χ1n) is 4.75. The fraction of sp³-hybridized carbons (Fsp3) is 1.00. The van der Waals surface area contributed by atoms with Gasteiger partial charge in [0.2, 0.25) is 0 Å². The first-order chi connectivity index (χ1) is 6.13. The zero-order valence-electron chi connectivity index (χ0n) is 8.79. The average Bonchev–Trinajstić information content (AvgIpc) is 2.01. The summed E-state index contributed by atoms with van der Waals surface area (Å²) in [7, 11) is 3.76. The number of rotatable bonds is 8. The molecule has 80 valence electrons. The van der Waals surface area contributed by atoms with Gasteiger partial charge in [-0.3, -0.25) is 21.7 Å². The molecule has 0 aliphatic rings. The van der Waals surface area contributed by atoms with Gasteiger partial charge in [-0.15, -0.1) is 0 Å². The highest BCUT2D eigenvalue weighted by Gasteiger charge is 1.92. The van der Waals surface area contributed by atoms with Crippen molar-refractivity contribution in [2.24, 2.45) is 11.7 Å². The van der Waals surface area contributed by atoms with E-state index in [4.69, 9.17) is 11.7 Å². The van der Waals surface area contributed by atoms with Gasteiger partial charge < -0.3 is 5.32 Å². The third kappa shape index (κ3) is 11.8. The highest BCUT2D eigenvalue weighted by Crippen LogP contribution is 1.81. The van der Waals surface area contributed by atoms with Crippen LogP contribution < -0.4 is 17.0 Å². The van der Waals surface area contributed by atoms with E-state index < -0.39 is 0 Å². The highest BCUT2D eigenvalue weighted by atomic mass is 15.4. The first-order valence-corrected chi connectivity index (χ1v) is 4.75. The summed E-state index contributed by atoms with van der Waals surface area (Å²) in [5.74, 6) is 10.9. The summed E-state index contributed by atoms with van der Waals surface area (Å²) in [5.41, 5.74) is 0. The van der Waals surface area contributed by atoms with E-state index in [1.807, 2.05) is 14.1 Å². The zero-order chi connectivity index (χ0) is 10.1. The minimum atomic E-state index is 0.934. The van der Waals surface area contributed by atoms with Crippen LogP contribution >= 0.6 is 0 Å². The van der Waals surface area contributed by atoms with E-state index in [1.54, 1.807) is 10.0 Å².